The van der Waals surface area contributed by atoms with Crippen LogP contribution in [0.25, 0.3) is 0 Å². The van der Waals surface area contributed by atoms with E-state index in [1.54, 1.807) is 0 Å². The molecule has 2 heterocycles. The van der Waals surface area contributed by atoms with Gasteiger partial charge in [-0.3, -0.25) is 4.79 Å². The predicted octanol–water partition coefficient (Wildman–Crippen LogP) is 2.48. The second kappa shape index (κ2) is 6.44. The molecule has 112 valence electrons. The van der Waals surface area contributed by atoms with Gasteiger partial charge in [0, 0.05) is 26.2 Å². The first kappa shape index (κ1) is 14.3. The molecule has 1 fully saturated rings. The number of aryl methyl sites for hydroxylation is 1. The highest BCUT2D eigenvalue weighted by molar-refractivity contribution is 5.81. The number of piperidine rings is 1. The maximum Gasteiger partial charge on any atom is 0.230 e. The number of nitrogens with zero attached hydrogens (tertiary/aromatic N) is 1. The number of rotatable bonds is 2. The highest BCUT2D eigenvalue weighted by Crippen LogP contribution is 2.29. The van der Waals surface area contributed by atoms with Crippen molar-refractivity contribution < 1.29 is 4.79 Å². The van der Waals surface area contributed by atoms with Gasteiger partial charge in [-0.15, -0.1) is 0 Å². The van der Waals surface area contributed by atoms with Crippen molar-refractivity contribution in [1.29, 1.82) is 0 Å². The molecule has 3 heteroatoms. The molecule has 1 saturated heterocycles. The first-order valence-electron chi connectivity index (χ1n) is 7.97. The highest BCUT2D eigenvalue weighted by Gasteiger charge is 2.27. The van der Waals surface area contributed by atoms with Crippen LogP contribution < -0.4 is 5.32 Å². The largest absolute Gasteiger partial charge is 0.342 e. The lowest BCUT2D eigenvalue weighted by molar-refractivity contribution is -0.135. The van der Waals surface area contributed by atoms with E-state index in [4.69, 9.17) is 0 Å². The SMILES string of the molecule is Cc1cccc(C2CCN(C(=O)C3C=CCNC3)CC2)c1. The van der Waals surface area contributed by atoms with Crippen molar-refractivity contribution in [1.82, 2.24) is 10.2 Å². The van der Waals surface area contributed by atoms with Crippen LogP contribution in [-0.2, 0) is 4.79 Å². The monoisotopic (exact) mass is 284 g/mol. The summed E-state index contributed by atoms with van der Waals surface area (Å²) >= 11 is 0. The molecule has 0 bridgehead atoms. The van der Waals surface area contributed by atoms with E-state index in [-0.39, 0.29) is 5.92 Å². The van der Waals surface area contributed by atoms with Crippen LogP contribution >= 0.6 is 0 Å². The van der Waals surface area contributed by atoms with Gasteiger partial charge < -0.3 is 10.2 Å². The molecule has 0 spiro atoms. The van der Waals surface area contributed by atoms with Gasteiger partial charge in [-0.1, -0.05) is 42.0 Å². The molecule has 0 saturated carbocycles. The quantitative estimate of drug-likeness (QED) is 0.846. The Balaban J connectivity index is 1.58. The van der Waals surface area contributed by atoms with E-state index >= 15 is 0 Å². The summed E-state index contributed by atoms with van der Waals surface area (Å²) in [5, 5.41) is 3.26. The van der Waals surface area contributed by atoms with E-state index < -0.39 is 0 Å². The lowest BCUT2D eigenvalue weighted by Crippen LogP contribution is -2.44. The normalized spacial score (nSPS) is 23.3. The predicted molar refractivity (Wildman–Crippen MR) is 85.2 cm³/mol. The molecule has 1 aromatic rings. The second-order valence-corrected chi connectivity index (χ2v) is 6.21. The van der Waals surface area contributed by atoms with Crippen molar-refractivity contribution >= 4 is 5.91 Å². The van der Waals surface area contributed by atoms with Gasteiger partial charge in [-0.2, -0.15) is 0 Å². The summed E-state index contributed by atoms with van der Waals surface area (Å²) in [7, 11) is 0. The number of nitrogens with one attached hydrogen (secondary N) is 1. The van der Waals surface area contributed by atoms with Crippen molar-refractivity contribution in [2.45, 2.75) is 25.7 Å². The molecular weight excluding hydrogens is 260 g/mol. The Morgan fingerprint density at radius 2 is 2.10 bits per heavy atom. The molecule has 1 amide bonds. The molecule has 0 radical (unpaired) electrons. The Morgan fingerprint density at radius 1 is 1.29 bits per heavy atom. The number of amides is 1. The molecule has 2 aliphatic heterocycles. The molecule has 3 rings (SSSR count). The van der Waals surface area contributed by atoms with Gasteiger partial charge in [0.25, 0.3) is 0 Å². The van der Waals surface area contributed by atoms with E-state index in [2.05, 4.69) is 48.7 Å². The van der Waals surface area contributed by atoms with Crippen LogP contribution in [0.4, 0.5) is 0 Å². The van der Waals surface area contributed by atoms with E-state index in [1.807, 2.05) is 4.90 Å². The Hall–Kier alpha value is -1.61. The average molecular weight is 284 g/mol. The molecule has 1 N–H and O–H groups in total. The molecule has 0 aromatic heterocycles. The Bertz CT molecular complexity index is 530. The standard InChI is InChI=1S/C18H24N2O/c1-14-4-2-5-16(12-14)15-7-10-20(11-8-15)18(21)17-6-3-9-19-13-17/h2-6,12,15,17,19H,7-11,13H2,1H3. The minimum absolute atomic E-state index is 0.0364. The van der Waals surface area contributed by atoms with Crippen LogP contribution in [0.1, 0.15) is 29.9 Å². The minimum Gasteiger partial charge on any atom is -0.342 e. The van der Waals surface area contributed by atoms with Crippen molar-refractivity contribution in [2.75, 3.05) is 26.2 Å². The molecule has 1 atom stereocenters. The minimum atomic E-state index is 0.0364. The van der Waals surface area contributed by atoms with Crippen molar-refractivity contribution in [2.24, 2.45) is 5.92 Å². The van der Waals surface area contributed by atoms with Crippen LogP contribution in [0.5, 0.6) is 0 Å². The summed E-state index contributed by atoms with van der Waals surface area (Å²) in [6.07, 6.45) is 6.29. The molecule has 1 aromatic carbocycles. The summed E-state index contributed by atoms with van der Waals surface area (Å²) in [6.45, 7) is 5.60. The fraction of sp³-hybridized carbons (Fsp3) is 0.500. The Kier molecular flexibility index (Phi) is 4.39. The van der Waals surface area contributed by atoms with Gasteiger partial charge >= 0.3 is 0 Å². The van der Waals surface area contributed by atoms with Crippen LogP contribution in [0, 0.1) is 12.8 Å². The number of carbonyl (C=O) groups excluding carboxylic acids is 1. The molecule has 1 unspecified atom stereocenters. The molecule has 21 heavy (non-hydrogen) atoms. The summed E-state index contributed by atoms with van der Waals surface area (Å²) in [5.41, 5.74) is 2.76. The van der Waals surface area contributed by atoms with Crippen molar-refractivity contribution in [3.63, 3.8) is 0 Å². The van der Waals surface area contributed by atoms with Crippen LogP contribution in [0.2, 0.25) is 0 Å². The van der Waals surface area contributed by atoms with Crippen molar-refractivity contribution in [3.05, 3.63) is 47.5 Å². The zero-order chi connectivity index (χ0) is 14.7. The fourth-order valence-corrected chi connectivity index (χ4v) is 3.38. The Labute approximate surface area is 127 Å². The summed E-state index contributed by atoms with van der Waals surface area (Å²) in [4.78, 5) is 14.5. The number of benzene rings is 1. The van der Waals surface area contributed by atoms with Crippen molar-refractivity contribution in [3.8, 4) is 0 Å². The van der Waals surface area contributed by atoms with E-state index in [9.17, 15) is 4.79 Å². The van der Waals surface area contributed by atoms with Gasteiger partial charge in [0.1, 0.15) is 0 Å². The molecule has 0 aliphatic carbocycles. The number of hydrogen-bond donors (Lipinski definition) is 1. The third-order valence-electron chi connectivity index (χ3n) is 4.63. The molecule has 2 aliphatic rings. The zero-order valence-electron chi connectivity index (χ0n) is 12.7. The smallest absolute Gasteiger partial charge is 0.230 e. The highest BCUT2D eigenvalue weighted by atomic mass is 16.2. The molecular formula is C18H24N2O. The Morgan fingerprint density at radius 3 is 2.76 bits per heavy atom. The lowest BCUT2D eigenvalue weighted by Gasteiger charge is -2.34. The number of carbonyl (C=O) groups is 1. The zero-order valence-corrected chi connectivity index (χ0v) is 12.7. The van der Waals surface area contributed by atoms with Gasteiger partial charge in [-0.05, 0) is 31.2 Å². The van der Waals surface area contributed by atoms with Gasteiger partial charge in [0.05, 0.1) is 5.92 Å². The number of likely N-dealkylation sites (tertiary alicyclic amines) is 1. The molecule has 3 nitrogen and oxygen atoms in total. The third-order valence-corrected chi connectivity index (χ3v) is 4.63. The maximum atomic E-state index is 12.5. The van der Waals surface area contributed by atoms with E-state index in [1.165, 1.54) is 11.1 Å². The lowest BCUT2D eigenvalue weighted by atomic mass is 9.88. The first-order chi connectivity index (χ1) is 10.2. The van der Waals surface area contributed by atoms with Crippen LogP contribution in [-0.4, -0.2) is 37.0 Å². The van der Waals surface area contributed by atoms with Gasteiger partial charge in [0.15, 0.2) is 0 Å². The topological polar surface area (TPSA) is 32.3 Å². The summed E-state index contributed by atoms with van der Waals surface area (Å²) in [6, 6.07) is 8.80. The second-order valence-electron chi connectivity index (χ2n) is 6.21. The van der Waals surface area contributed by atoms with Crippen LogP contribution in [0.3, 0.4) is 0 Å². The number of hydrogen-bond acceptors (Lipinski definition) is 2. The van der Waals surface area contributed by atoms with Gasteiger partial charge in [0.2, 0.25) is 5.91 Å². The first-order valence-corrected chi connectivity index (χ1v) is 7.97. The fourth-order valence-electron chi connectivity index (χ4n) is 3.38. The van der Waals surface area contributed by atoms with E-state index in [0.29, 0.717) is 11.8 Å². The van der Waals surface area contributed by atoms with Gasteiger partial charge in [-0.25, -0.2) is 0 Å². The summed E-state index contributed by atoms with van der Waals surface area (Å²) in [5.74, 6) is 0.935. The van der Waals surface area contributed by atoms with Crippen LogP contribution in [0.15, 0.2) is 36.4 Å². The average Bonchev–Trinajstić information content (AvgIpc) is 2.55. The maximum absolute atomic E-state index is 12.5. The summed E-state index contributed by atoms with van der Waals surface area (Å²) < 4.78 is 0. The van der Waals surface area contributed by atoms with E-state index in [0.717, 1.165) is 39.0 Å². The third kappa shape index (κ3) is 3.35.